The molecule has 0 spiro atoms. The summed E-state index contributed by atoms with van der Waals surface area (Å²) in [5.74, 6) is 0.900. The molecule has 1 aliphatic heterocycles. The fourth-order valence-electron chi connectivity index (χ4n) is 3.31. The largest absolute Gasteiger partial charge is 0.379 e. The van der Waals surface area contributed by atoms with Gasteiger partial charge >= 0.3 is 0 Å². The fraction of sp³-hybridized carbons (Fsp3) is 0.667. The number of benzene rings is 1. The average molecular weight is 361 g/mol. The molecular formula is C21H36N4O. The lowest BCUT2D eigenvalue weighted by molar-refractivity contribution is 0.0241. The highest BCUT2D eigenvalue weighted by atomic mass is 16.5. The van der Waals surface area contributed by atoms with Crippen molar-refractivity contribution in [2.24, 2.45) is 10.4 Å². The van der Waals surface area contributed by atoms with Crippen molar-refractivity contribution in [1.29, 1.82) is 0 Å². The van der Waals surface area contributed by atoms with Gasteiger partial charge < -0.3 is 20.3 Å². The predicted molar refractivity (Wildman–Crippen MR) is 111 cm³/mol. The number of nitrogens with one attached hydrogen (secondary N) is 2. The van der Waals surface area contributed by atoms with Crippen molar-refractivity contribution < 1.29 is 4.74 Å². The summed E-state index contributed by atoms with van der Waals surface area (Å²) in [4.78, 5) is 7.24. The van der Waals surface area contributed by atoms with E-state index in [9.17, 15) is 0 Å². The van der Waals surface area contributed by atoms with Crippen LogP contribution < -0.4 is 15.5 Å². The monoisotopic (exact) mass is 360 g/mol. The molecule has 1 fully saturated rings. The van der Waals surface area contributed by atoms with Crippen LogP contribution in [0, 0.1) is 5.41 Å². The molecular weight excluding hydrogens is 324 g/mol. The van der Waals surface area contributed by atoms with Crippen LogP contribution in [-0.4, -0.2) is 51.4 Å². The average Bonchev–Trinajstić information content (AvgIpc) is 2.62. The highest BCUT2D eigenvalue weighted by Crippen LogP contribution is 2.22. The molecule has 1 atom stereocenters. The van der Waals surface area contributed by atoms with Gasteiger partial charge in [-0.2, -0.15) is 0 Å². The minimum atomic E-state index is 0.0800. The summed E-state index contributed by atoms with van der Waals surface area (Å²) < 4.78 is 5.63. The molecule has 1 aromatic rings. The lowest BCUT2D eigenvalue weighted by Gasteiger charge is -2.34. The number of anilines is 1. The summed E-state index contributed by atoms with van der Waals surface area (Å²) in [6, 6.07) is 11.1. The van der Waals surface area contributed by atoms with Crippen LogP contribution in [0.1, 0.15) is 40.5 Å². The third kappa shape index (κ3) is 6.20. The van der Waals surface area contributed by atoms with E-state index >= 15 is 0 Å². The summed E-state index contributed by atoms with van der Waals surface area (Å²) in [5, 5.41) is 6.99. The molecule has 1 saturated heterocycles. The van der Waals surface area contributed by atoms with Gasteiger partial charge in [0.15, 0.2) is 5.96 Å². The van der Waals surface area contributed by atoms with Crippen molar-refractivity contribution in [2.75, 3.05) is 38.2 Å². The van der Waals surface area contributed by atoms with Crippen LogP contribution in [0.15, 0.2) is 35.3 Å². The molecule has 146 valence electrons. The number of nitrogens with zero attached hydrogens (tertiary/aromatic N) is 2. The molecule has 5 heteroatoms. The van der Waals surface area contributed by atoms with Gasteiger partial charge in [0.25, 0.3) is 0 Å². The van der Waals surface area contributed by atoms with Gasteiger partial charge in [-0.3, -0.25) is 4.99 Å². The van der Waals surface area contributed by atoms with E-state index in [2.05, 4.69) is 73.6 Å². The molecule has 0 radical (unpaired) electrons. The molecule has 5 nitrogen and oxygen atoms in total. The Morgan fingerprint density at radius 1 is 1.23 bits per heavy atom. The van der Waals surface area contributed by atoms with Gasteiger partial charge in [-0.1, -0.05) is 39.0 Å². The number of aliphatic imine (C=N–C) groups is 1. The summed E-state index contributed by atoms with van der Waals surface area (Å²) >= 11 is 0. The number of para-hydroxylation sites is 1. The Bertz CT molecular complexity index is 545. The third-order valence-electron chi connectivity index (χ3n) is 4.97. The first-order valence-electron chi connectivity index (χ1n) is 9.81. The van der Waals surface area contributed by atoms with Gasteiger partial charge in [0.05, 0.1) is 12.6 Å². The van der Waals surface area contributed by atoms with E-state index in [4.69, 9.17) is 9.73 Å². The minimum Gasteiger partial charge on any atom is -0.379 e. The highest BCUT2D eigenvalue weighted by Gasteiger charge is 2.25. The number of piperidine rings is 1. The Hall–Kier alpha value is -1.75. The Kier molecular flexibility index (Phi) is 7.76. The summed E-state index contributed by atoms with van der Waals surface area (Å²) in [6.07, 6.45) is 2.34. The molecule has 2 rings (SSSR count). The van der Waals surface area contributed by atoms with Crippen molar-refractivity contribution in [1.82, 2.24) is 10.6 Å². The Balaban J connectivity index is 1.89. The van der Waals surface area contributed by atoms with Crippen LogP contribution in [0.25, 0.3) is 0 Å². The molecule has 0 aromatic heterocycles. The second-order valence-electron chi connectivity index (χ2n) is 8.05. The molecule has 1 aliphatic rings. The topological polar surface area (TPSA) is 48.9 Å². The first-order valence-corrected chi connectivity index (χ1v) is 9.81. The quantitative estimate of drug-likeness (QED) is 0.604. The first kappa shape index (κ1) is 20.6. The number of guanidine groups is 1. The van der Waals surface area contributed by atoms with Crippen LogP contribution in [0.5, 0.6) is 0 Å². The molecule has 0 aliphatic carbocycles. The van der Waals surface area contributed by atoms with Gasteiger partial charge in [0.1, 0.15) is 0 Å². The molecule has 26 heavy (non-hydrogen) atoms. The number of rotatable bonds is 6. The van der Waals surface area contributed by atoms with Crippen molar-refractivity contribution in [3.05, 3.63) is 30.3 Å². The zero-order valence-corrected chi connectivity index (χ0v) is 17.1. The second kappa shape index (κ2) is 9.81. The van der Waals surface area contributed by atoms with Crippen molar-refractivity contribution in [3.8, 4) is 0 Å². The number of hydrogen-bond acceptors (Lipinski definition) is 3. The molecule has 0 bridgehead atoms. The fourth-order valence-corrected chi connectivity index (χ4v) is 3.31. The van der Waals surface area contributed by atoms with Crippen LogP contribution >= 0.6 is 0 Å². The first-order chi connectivity index (χ1) is 12.4. The zero-order chi connectivity index (χ0) is 19.0. The van der Waals surface area contributed by atoms with Crippen LogP contribution in [0.4, 0.5) is 5.69 Å². The Morgan fingerprint density at radius 2 is 1.88 bits per heavy atom. The van der Waals surface area contributed by atoms with E-state index < -0.39 is 0 Å². The Morgan fingerprint density at radius 3 is 2.42 bits per heavy atom. The van der Waals surface area contributed by atoms with Gasteiger partial charge in [0.2, 0.25) is 0 Å². The maximum Gasteiger partial charge on any atom is 0.191 e. The lowest BCUT2D eigenvalue weighted by atomic mass is 9.89. The standard InChI is InChI=1S/C21H36N4O/c1-6-22-20(23-16-19(26-5)21(2,3)4)24-17-12-14-25(15-13-17)18-10-8-7-9-11-18/h7-11,17,19H,6,12-16H2,1-5H3,(H2,22,23,24). The van der Waals surface area contributed by atoms with Gasteiger partial charge in [-0.15, -0.1) is 0 Å². The summed E-state index contributed by atoms with van der Waals surface area (Å²) in [6.45, 7) is 12.4. The van der Waals surface area contributed by atoms with Crippen molar-refractivity contribution in [2.45, 2.75) is 52.7 Å². The van der Waals surface area contributed by atoms with Crippen LogP contribution in [0.2, 0.25) is 0 Å². The number of methoxy groups -OCH3 is 1. The van der Waals surface area contributed by atoms with E-state index in [1.165, 1.54) is 5.69 Å². The number of hydrogen-bond donors (Lipinski definition) is 2. The molecule has 1 heterocycles. The third-order valence-corrected chi connectivity index (χ3v) is 4.97. The maximum atomic E-state index is 5.63. The lowest BCUT2D eigenvalue weighted by Crippen LogP contribution is -2.49. The predicted octanol–water partition coefficient (Wildman–Crippen LogP) is 3.27. The van der Waals surface area contributed by atoms with Gasteiger partial charge in [-0.25, -0.2) is 0 Å². The van der Waals surface area contributed by atoms with Crippen molar-refractivity contribution in [3.63, 3.8) is 0 Å². The molecule has 1 unspecified atom stereocenters. The second-order valence-corrected chi connectivity index (χ2v) is 8.05. The molecule has 1 aromatic carbocycles. The molecule has 0 saturated carbocycles. The van der Waals surface area contributed by atoms with E-state index in [1.807, 2.05) is 0 Å². The van der Waals surface area contributed by atoms with Crippen molar-refractivity contribution >= 4 is 11.6 Å². The Labute approximate surface area is 159 Å². The van der Waals surface area contributed by atoms with Gasteiger partial charge in [0, 0.05) is 38.5 Å². The maximum absolute atomic E-state index is 5.63. The van der Waals surface area contributed by atoms with E-state index in [-0.39, 0.29) is 11.5 Å². The van der Waals surface area contributed by atoms with E-state index in [0.29, 0.717) is 12.6 Å². The van der Waals surface area contributed by atoms with Crippen LogP contribution in [-0.2, 0) is 4.74 Å². The highest BCUT2D eigenvalue weighted by molar-refractivity contribution is 5.80. The van der Waals surface area contributed by atoms with E-state index in [1.54, 1.807) is 7.11 Å². The van der Waals surface area contributed by atoms with E-state index in [0.717, 1.165) is 38.4 Å². The minimum absolute atomic E-state index is 0.0800. The molecule has 2 N–H and O–H groups in total. The zero-order valence-electron chi connectivity index (χ0n) is 17.1. The SMILES string of the molecule is CCNC(=NCC(OC)C(C)(C)C)NC1CCN(c2ccccc2)CC1. The normalized spacial score (nSPS) is 17.9. The summed E-state index contributed by atoms with van der Waals surface area (Å²) in [5.41, 5.74) is 1.40. The number of ether oxygens (including phenoxy) is 1. The smallest absolute Gasteiger partial charge is 0.191 e. The van der Waals surface area contributed by atoms with Crippen LogP contribution in [0.3, 0.4) is 0 Å². The van der Waals surface area contributed by atoms with Gasteiger partial charge in [-0.05, 0) is 37.3 Å². The summed E-state index contributed by atoms with van der Waals surface area (Å²) in [7, 11) is 1.77. The molecule has 0 amide bonds.